The molecule has 0 saturated heterocycles. The van der Waals surface area contributed by atoms with Crippen LogP contribution in [0.1, 0.15) is 37.5 Å². The number of nitrogens with one attached hydrogen (secondary N) is 1. The second kappa shape index (κ2) is 12.8. The van der Waals surface area contributed by atoms with E-state index in [2.05, 4.69) is 5.32 Å². The van der Waals surface area contributed by atoms with Crippen molar-refractivity contribution < 1.29 is 22.4 Å². The second-order valence-electron chi connectivity index (χ2n) is 10.8. The van der Waals surface area contributed by atoms with Crippen molar-refractivity contribution in [1.29, 1.82) is 0 Å². The van der Waals surface area contributed by atoms with Gasteiger partial charge < -0.3 is 10.2 Å². The number of hydrogen-bond donors (Lipinski definition) is 1. The molecule has 0 aliphatic heterocycles. The summed E-state index contributed by atoms with van der Waals surface area (Å²) in [6.07, 6.45) is 1.19. The van der Waals surface area contributed by atoms with Crippen molar-refractivity contribution in [1.82, 2.24) is 10.2 Å². The van der Waals surface area contributed by atoms with Gasteiger partial charge in [0.15, 0.2) is 0 Å². The van der Waals surface area contributed by atoms with Crippen molar-refractivity contribution in [3.63, 3.8) is 0 Å². The van der Waals surface area contributed by atoms with Crippen LogP contribution < -0.4 is 9.62 Å². The Hall–Kier alpha value is -3.43. The van der Waals surface area contributed by atoms with E-state index >= 15 is 0 Å². The van der Waals surface area contributed by atoms with E-state index in [1.165, 1.54) is 35.2 Å². The third-order valence-electron chi connectivity index (χ3n) is 6.16. The maximum Gasteiger partial charge on any atom is 0.244 e. The van der Waals surface area contributed by atoms with E-state index in [0.29, 0.717) is 10.6 Å². The minimum atomic E-state index is -3.91. The number of sulfonamides is 1. The SMILES string of the molecule is Cc1ccc(N(CC(=O)N(Cc2ccc(F)cc2)C(Cc2ccccc2)C(=O)NC(C)(C)C)S(C)(=O)=O)cc1Cl. The van der Waals surface area contributed by atoms with E-state index in [1.807, 2.05) is 51.1 Å². The molecule has 214 valence electrons. The minimum Gasteiger partial charge on any atom is -0.350 e. The fourth-order valence-electron chi connectivity index (χ4n) is 4.14. The van der Waals surface area contributed by atoms with E-state index in [0.717, 1.165) is 21.7 Å². The quantitative estimate of drug-likeness (QED) is 0.357. The smallest absolute Gasteiger partial charge is 0.244 e. The third-order valence-corrected chi connectivity index (χ3v) is 7.71. The van der Waals surface area contributed by atoms with Gasteiger partial charge in [0.2, 0.25) is 21.8 Å². The Labute approximate surface area is 241 Å². The van der Waals surface area contributed by atoms with Gasteiger partial charge >= 0.3 is 0 Å². The number of halogens is 2. The molecule has 10 heteroatoms. The van der Waals surface area contributed by atoms with E-state index in [1.54, 1.807) is 19.1 Å². The molecular formula is C30H35ClFN3O4S. The van der Waals surface area contributed by atoms with E-state index in [9.17, 15) is 22.4 Å². The van der Waals surface area contributed by atoms with Crippen LogP contribution in [0.4, 0.5) is 10.1 Å². The highest BCUT2D eigenvalue weighted by atomic mass is 35.5. The Kier molecular flexibility index (Phi) is 9.97. The van der Waals surface area contributed by atoms with Gasteiger partial charge in [0.05, 0.1) is 11.9 Å². The van der Waals surface area contributed by atoms with Gasteiger partial charge in [0.1, 0.15) is 18.4 Å². The summed E-state index contributed by atoms with van der Waals surface area (Å²) in [6, 6.07) is 18.6. The number of aryl methyl sites for hydroxylation is 1. The molecule has 1 atom stereocenters. The zero-order valence-corrected chi connectivity index (χ0v) is 24.9. The highest BCUT2D eigenvalue weighted by Gasteiger charge is 2.34. The molecule has 0 radical (unpaired) electrons. The van der Waals surface area contributed by atoms with Crippen molar-refractivity contribution in [2.45, 2.75) is 52.2 Å². The Balaban J connectivity index is 2.08. The number of benzene rings is 3. The normalized spacial score (nSPS) is 12.5. The van der Waals surface area contributed by atoms with Gasteiger partial charge in [-0.3, -0.25) is 13.9 Å². The van der Waals surface area contributed by atoms with E-state index in [4.69, 9.17) is 11.6 Å². The predicted octanol–water partition coefficient (Wildman–Crippen LogP) is 5.11. The molecule has 0 bridgehead atoms. The zero-order chi connectivity index (χ0) is 29.7. The molecule has 1 N–H and O–H groups in total. The predicted molar refractivity (Wildman–Crippen MR) is 157 cm³/mol. The average Bonchev–Trinajstić information content (AvgIpc) is 2.86. The largest absolute Gasteiger partial charge is 0.350 e. The summed E-state index contributed by atoms with van der Waals surface area (Å²) in [5.41, 5.74) is 1.80. The fraction of sp³-hybridized carbons (Fsp3) is 0.333. The van der Waals surface area contributed by atoms with Crippen LogP contribution in [0.2, 0.25) is 5.02 Å². The van der Waals surface area contributed by atoms with Crippen LogP contribution in [0.3, 0.4) is 0 Å². The minimum absolute atomic E-state index is 0.0412. The number of carbonyl (C=O) groups is 2. The first-order valence-corrected chi connectivity index (χ1v) is 15.0. The molecule has 0 saturated carbocycles. The van der Waals surface area contributed by atoms with Gasteiger partial charge in [-0.1, -0.05) is 60.1 Å². The molecule has 40 heavy (non-hydrogen) atoms. The Morgan fingerprint density at radius 2 is 1.60 bits per heavy atom. The molecular weight excluding hydrogens is 553 g/mol. The summed E-state index contributed by atoms with van der Waals surface area (Å²) >= 11 is 6.27. The van der Waals surface area contributed by atoms with Gasteiger partial charge in [-0.25, -0.2) is 12.8 Å². The van der Waals surface area contributed by atoms with Crippen LogP contribution >= 0.6 is 11.6 Å². The van der Waals surface area contributed by atoms with Crippen LogP contribution in [0.25, 0.3) is 0 Å². The number of carbonyl (C=O) groups excluding carboxylic acids is 2. The zero-order valence-electron chi connectivity index (χ0n) is 23.3. The van der Waals surface area contributed by atoms with Crippen LogP contribution in [0, 0.1) is 12.7 Å². The number of nitrogens with zero attached hydrogens (tertiary/aromatic N) is 2. The number of amides is 2. The molecule has 3 rings (SSSR count). The third kappa shape index (κ3) is 8.79. The van der Waals surface area contributed by atoms with Gasteiger partial charge in [0, 0.05) is 23.5 Å². The highest BCUT2D eigenvalue weighted by Crippen LogP contribution is 2.26. The lowest BCUT2D eigenvalue weighted by molar-refractivity contribution is -0.140. The molecule has 2 amide bonds. The monoisotopic (exact) mass is 587 g/mol. The lowest BCUT2D eigenvalue weighted by atomic mass is 10.0. The number of hydrogen-bond acceptors (Lipinski definition) is 4. The molecule has 0 aliphatic carbocycles. The summed E-state index contributed by atoms with van der Waals surface area (Å²) in [5, 5.41) is 3.31. The highest BCUT2D eigenvalue weighted by molar-refractivity contribution is 7.92. The van der Waals surface area contributed by atoms with Crippen molar-refractivity contribution in [3.8, 4) is 0 Å². The first-order valence-electron chi connectivity index (χ1n) is 12.8. The Bertz CT molecular complexity index is 1440. The van der Waals surface area contributed by atoms with Gasteiger partial charge in [-0.05, 0) is 68.7 Å². The first-order chi connectivity index (χ1) is 18.6. The molecule has 0 fully saturated rings. The average molecular weight is 588 g/mol. The Morgan fingerprint density at radius 3 is 2.15 bits per heavy atom. The maximum absolute atomic E-state index is 14.0. The number of anilines is 1. The number of rotatable bonds is 10. The van der Waals surface area contributed by atoms with E-state index in [-0.39, 0.29) is 18.7 Å². The lowest BCUT2D eigenvalue weighted by Gasteiger charge is -2.35. The summed E-state index contributed by atoms with van der Waals surface area (Å²) in [4.78, 5) is 29.1. The maximum atomic E-state index is 14.0. The Morgan fingerprint density at radius 1 is 0.975 bits per heavy atom. The standard InChI is InChI=1S/C30H35ClFN3O4S/c1-21-11-16-25(18-26(21)31)35(40(5,38)39)20-28(36)34(19-23-12-14-24(32)15-13-23)27(29(37)33-30(2,3)4)17-22-9-7-6-8-10-22/h6-16,18,27H,17,19-20H2,1-5H3,(H,33,37). The molecule has 3 aromatic carbocycles. The molecule has 1 unspecified atom stereocenters. The van der Waals surface area contributed by atoms with Crippen molar-refractivity contribution in [3.05, 3.63) is 100 Å². The topological polar surface area (TPSA) is 86.8 Å². The van der Waals surface area contributed by atoms with Crippen LogP contribution in [-0.2, 0) is 32.6 Å². The molecule has 0 heterocycles. The molecule has 3 aromatic rings. The van der Waals surface area contributed by atoms with E-state index < -0.39 is 45.8 Å². The molecule has 0 spiro atoms. The first kappa shape index (κ1) is 31.1. The second-order valence-corrected chi connectivity index (χ2v) is 13.1. The van der Waals surface area contributed by atoms with Gasteiger partial charge in [-0.15, -0.1) is 0 Å². The molecule has 7 nitrogen and oxygen atoms in total. The van der Waals surface area contributed by atoms with Crippen molar-refractivity contribution in [2.75, 3.05) is 17.1 Å². The molecule has 0 aliphatic rings. The van der Waals surface area contributed by atoms with Crippen molar-refractivity contribution >= 4 is 39.1 Å². The van der Waals surface area contributed by atoms with Gasteiger partial charge in [0.25, 0.3) is 0 Å². The van der Waals surface area contributed by atoms with Crippen molar-refractivity contribution in [2.24, 2.45) is 0 Å². The summed E-state index contributed by atoms with van der Waals surface area (Å²) in [7, 11) is -3.91. The van der Waals surface area contributed by atoms with Crippen LogP contribution in [-0.4, -0.2) is 49.5 Å². The summed E-state index contributed by atoms with van der Waals surface area (Å²) in [6.45, 7) is 6.69. The van der Waals surface area contributed by atoms with Crippen LogP contribution in [0.15, 0.2) is 72.8 Å². The summed E-state index contributed by atoms with van der Waals surface area (Å²) < 4.78 is 40.3. The summed E-state index contributed by atoms with van der Waals surface area (Å²) in [5.74, 6) is -1.43. The van der Waals surface area contributed by atoms with Gasteiger partial charge in [-0.2, -0.15) is 0 Å². The molecule has 0 aromatic heterocycles. The lowest BCUT2D eigenvalue weighted by Crippen LogP contribution is -2.56. The van der Waals surface area contributed by atoms with Crippen LogP contribution in [0.5, 0.6) is 0 Å². The fourth-order valence-corrected chi connectivity index (χ4v) is 5.16.